The molecule has 0 bridgehead atoms. The lowest BCUT2D eigenvalue weighted by Crippen LogP contribution is -2.02. The van der Waals surface area contributed by atoms with E-state index in [0.717, 1.165) is 44.3 Å². The van der Waals surface area contributed by atoms with Crippen molar-refractivity contribution in [1.82, 2.24) is 9.97 Å². The van der Waals surface area contributed by atoms with E-state index in [1.54, 1.807) is 14.2 Å². The van der Waals surface area contributed by atoms with Crippen LogP contribution in [-0.2, 0) is 6.42 Å². The van der Waals surface area contributed by atoms with Crippen molar-refractivity contribution in [3.8, 4) is 11.5 Å². The average molecular weight is 387 g/mol. The first-order valence-electron chi connectivity index (χ1n) is 9.62. The Kier molecular flexibility index (Phi) is 4.97. The van der Waals surface area contributed by atoms with E-state index in [4.69, 9.17) is 14.5 Å². The summed E-state index contributed by atoms with van der Waals surface area (Å²) in [6.45, 7) is 4.11. The summed E-state index contributed by atoms with van der Waals surface area (Å²) >= 11 is 0. The lowest BCUT2D eigenvalue weighted by atomic mass is 9.98. The molecule has 2 aromatic carbocycles. The van der Waals surface area contributed by atoms with Crippen LogP contribution < -0.4 is 14.8 Å². The van der Waals surface area contributed by atoms with Crippen molar-refractivity contribution in [2.24, 2.45) is 0 Å². The summed E-state index contributed by atoms with van der Waals surface area (Å²) in [5, 5.41) is 6.57. The van der Waals surface area contributed by atoms with Gasteiger partial charge in [0.05, 0.1) is 19.7 Å². The van der Waals surface area contributed by atoms with Gasteiger partial charge >= 0.3 is 0 Å². The first kappa shape index (κ1) is 19.0. The summed E-state index contributed by atoms with van der Waals surface area (Å²) in [4.78, 5) is 9.44. The molecule has 0 fully saturated rings. The number of fused-ring (bicyclic) bond motifs is 2. The zero-order chi connectivity index (χ0) is 20.5. The molecule has 2 heterocycles. The van der Waals surface area contributed by atoms with Crippen molar-refractivity contribution in [1.29, 1.82) is 0 Å². The molecule has 0 aliphatic carbocycles. The molecule has 4 aromatic rings. The number of ether oxygens (including phenoxy) is 2. The SMILES string of the molecule is CNc1nc2ccc(C)cc2cc1Cc1cnc(C)c2cc(OC)c(OC)cc12. The van der Waals surface area contributed by atoms with Gasteiger partial charge < -0.3 is 14.8 Å². The highest BCUT2D eigenvalue weighted by Gasteiger charge is 2.14. The minimum Gasteiger partial charge on any atom is -0.493 e. The fraction of sp³-hybridized carbons (Fsp3) is 0.250. The van der Waals surface area contributed by atoms with Crippen LogP contribution in [0.5, 0.6) is 11.5 Å². The van der Waals surface area contributed by atoms with Crippen LogP contribution in [-0.4, -0.2) is 31.2 Å². The molecule has 0 saturated carbocycles. The summed E-state index contributed by atoms with van der Waals surface area (Å²) in [7, 11) is 5.22. The van der Waals surface area contributed by atoms with Gasteiger partial charge in [-0.2, -0.15) is 0 Å². The molecule has 4 rings (SSSR count). The van der Waals surface area contributed by atoms with E-state index in [2.05, 4.69) is 41.5 Å². The van der Waals surface area contributed by atoms with E-state index < -0.39 is 0 Å². The van der Waals surface area contributed by atoms with Crippen LogP contribution in [0.15, 0.2) is 42.6 Å². The third-order valence-corrected chi connectivity index (χ3v) is 5.34. The molecular weight excluding hydrogens is 362 g/mol. The van der Waals surface area contributed by atoms with Crippen LogP contribution >= 0.6 is 0 Å². The quantitative estimate of drug-likeness (QED) is 0.519. The number of hydrogen-bond donors (Lipinski definition) is 1. The molecule has 0 unspecified atom stereocenters. The van der Waals surface area contributed by atoms with Crippen LogP contribution in [0.2, 0.25) is 0 Å². The Balaban J connectivity index is 1.88. The average Bonchev–Trinajstić information content (AvgIpc) is 2.74. The smallest absolute Gasteiger partial charge is 0.161 e. The van der Waals surface area contributed by atoms with E-state index >= 15 is 0 Å². The Morgan fingerprint density at radius 1 is 0.897 bits per heavy atom. The van der Waals surface area contributed by atoms with Crippen LogP contribution in [0.4, 0.5) is 5.82 Å². The summed E-state index contributed by atoms with van der Waals surface area (Å²) in [6, 6.07) is 12.6. The summed E-state index contributed by atoms with van der Waals surface area (Å²) in [6.07, 6.45) is 2.66. The largest absolute Gasteiger partial charge is 0.493 e. The van der Waals surface area contributed by atoms with Crippen LogP contribution in [0.1, 0.15) is 22.4 Å². The van der Waals surface area contributed by atoms with Gasteiger partial charge in [-0.25, -0.2) is 4.98 Å². The lowest BCUT2D eigenvalue weighted by molar-refractivity contribution is 0.356. The molecule has 5 nitrogen and oxygen atoms in total. The van der Waals surface area contributed by atoms with Crippen molar-refractivity contribution in [3.63, 3.8) is 0 Å². The highest BCUT2D eigenvalue weighted by molar-refractivity contribution is 5.91. The summed E-state index contributed by atoms with van der Waals surface area (Å²) in [5.74, 6) is 2.31. The number of aromatic nitrogens is 2. The van der Waals surface area contributed by atoms with E-state index in [1.807, 2.05) is 32.3 Å². The van der Waals surface area contributed by atoms with Gasteiger partial charge in [-0.15, -0.1) is 0 Å². The number of aryl methyl sites for hydroxylation is 2. The Labute approximate surface area is 170 Å². The molecule has 0 spiro atoms. The number of nitrogens with one attached hydrogen (secondary N) is 1. The minimum absolute atomic E-state index is 0.709. The van der Waals surface area contributed by atoms with Gasteiger partial charge in [0.25, 0.3) is 0 Å². The van der Waals surface area contributed by atoms with Crippen LogP contribution in [0.25, 0.3) is 21.7 Å². The van der Waals surface area contributed by atoms with Crippen LogP contribution in [0.3, 0.4) is 0 Å². The molecule has 148 valence electrons. The Morgan fingerprint density at radius 2 is 1.62 bits per heavy atom. The molecule has 1 N–H and O–H groups in total. The van der Waals surface area contributed by atoms with Crippen molar-refractivity contribution < 1.29 is 9.47 Å². The molecule has 0 aliphatic rings. The maximum Gasteiger partial charge on any atom is 0.161 e. The van der Waals surface area contributed by atoms with Gasteiger partial charge in [0, 0.05) is 36.1 Å². The molecule has 0 saturated heterocycles. The Bertz CT molecular complexity index is 1220. The topological polar surface area (TPSA) is 56.3 Å². The van der Waals surface area contributed by atoms with Gasteiger partial charge in [0.2, 0.25) is 0 Å². The molecule has 5 heteroatoms. The predicted octanol–water partition coefficient (Wildman–Crippen LogP) is 5.05. The molecule has 0 atom stereocenters. The van der Waals surface area contributed by atoms with Crippen molar-refractivity contribution in [2.75, 3.05) is 26.6 Å². The van der Waals surface area contributed by atoms with Gasteiger partial charge in [-0.05, 0) is 60.7 Å². The predicted molar refractivity (Wildman–Crippen MR) is 118 cm³/mol. The minimum atomic E-state index is 0.709. The first-order valence-corrected chi connectivity index (χ1v) is 9.62. The van der Waals surface area contributed by atoms with Crippen molar-refractivity contribution in [2.45, 2.75) is 20.3 Å². The highest BCUT2D eigenvalue weighted by atomic mass is 16.5. The first-order chi connectivity index (χ1) is 14.0. The third kappa shape index (κ3) is 3.44. The van der Waals surface area contributed by atoms with E-state index in [1.165, 1.54) is 5.56 Å². The molecule has 0 radical (unpaired) electrons. The van der Waals surface area contributed by atoms with Gasteiger partial charge in [-0.1, -0.05) is 11.6 Å². The standard InChI is InChI=1S/C24H25N3O2/c1-14-6-7-21-16(8-14)9-17(24(25-3)27-21)10-18-13-26-15(2)19-11-22(28-4)23(29-5)12-20(18)19/h6-9,11-13H,10H2,1-5H3,(H,25,27). The second kappa shape index (κ2) is 7.59. The second-order valence-electron chi connectivity index (χ2n) is 7.24. The lowest BCUT2D eigenvalue weighted by Gasteiger charge is -2.15. The summed E-state index contributed by atoms with van der Waals surface area (Å²) in [5.41, 5.74) is 5.43. The number of pyridine rings is 2. The normalized spacial score (nSPS) is 11.1. The Hall–Kier alpha value is -3.34. The van der Waals surface area contributed by atoms with Crippen LogP contribution in [0, 0.1) is 13.8 Å². The fourth-order valence-corrected chi connectivity index (χ4v) is 3.79. The second-order valence-corrected chi connectivity index (χ2v) is 7.24. The highest BCUT2D eigenvalue weighted by Crippen LogP contribution is 2.35. The van der Waals surface area contributed by atoms with Gasteiger partial charge in [0.1, 0.15) is 5.82 Å². The third-order valence-electron chi connectivity index (χ3n) is 5.34. The molecule has 0 aliphatic heterocycles. The van der Waals surface area contributed by atoms with Gasteiger partial charge in [-0.3, -0.25) is 4.98 Å². The fourth-order valence-electron chi connectivity index (χ4n) is 3.79. The number of nitrogens with zero attached hydrogens (tertiary/aromatic N) is 2. The van der Waals surface area contributed by atoms with Crippen molar-refractivity contribution in [3.05, 3.63) is 65.0 Å². The van der Waals surface area contributed by atoms with Gasteiger partial charge in [0.15, 0.2) is 11.5 Å². The number of rotatable bonds is 5. The summed E-state index contributed by atoms with van der Waals surface area (Å²) < 4.78 is 11.0. The zero-order valence-corrected chi connectivity index (χ0v) is 17.5. The maximum absolute atomic E-state index is 5.54. The number of methoxy groups -OCH3 is 2. The number of hydrogen-bond acceptors (Lipinski definition) is 5. The molecule has 2 aromatic heterocycles. The number of benzene rings is 2. The molecular formula is C24H25N3O2. The molecule has 0 amide bonds. The zero-order valence-electron chi connectivity index (χ0n) is 17.5. The monoisotopic (exact) mass is 387 g/mol. The van der Waals surface area contributed by atoms with E-state index in [-0.39, 0.29) is 0 Å². The van der Waals surface area contributed by atoms with E-state index in [0.29, 0.717) is 17.9 Å². The Morgan fingerprint density at radius 3 is 2.31 bits per heavy atom. The van der Waals surface area contributed by atoms with E-state index in [9.17, 15) is 0 Å². The number of anilines is 1. The van der Waals surface area contributed by atoms with Crippen molar-refractivity contribution >= 4 is 27.5 Å². The maximum atomic E-state index is 5.54. The molecule has 29 heavy (non-hydrogen) atoms.